The molecule has 1 aliphatic carbocycles. The average Bonchev–Trinajstić information content (AvgIpc) is 3.41. The molecule has 170 valence electrons. The maximum Gasteiger partial charge on any atom is 0.490 e. The van der Waals surface area contributed by atoms with E-state index in [-0.39, 0.29) is 5.41 Å². The molecule has 0 aromatic carbocycles. The van der Waals surface area contributed by atoms with Gasteiger partial charge in [-0.3, -0.25) is 4.90 Å². The van der Waals surface area contributed by atoms with Crippen molar-refractivity contribution in [3.8, 4) is 0 Å². The van der Waals surface area contributed by atoms with Crippen LogP contribution in [0.5, 0.6) is 0 Å². The van der Waals surface area contributed by atoms with Crippen LogP contribution in [0, 0.1) is 18.3 Å². The van der Waals surface area contributed by atoms with Gasteiger partial charge >= 0.3 is 12.1 Å². The van der Waals surface area contributed by atoms with E-state index in [2.05, 4.69) is 10.1 Å². The summed E-state index contributed by atoms with van der Waals surface area (Å²) in [7, 11) is 0. The van der Waals surface area contributed by atoms with Crippen molar-refractivity contribution in [2.24, 2.45) is 11.3 Å². The van der Waals surface area contributed by atoms with Crippen LogP contribution in [-0.2, 0) is 20.8 Å². The van der Waals surface area contributed by atoms with E-state index in [4.69, 9.17) is 23.9 Å². The molecule has 1 aromatic heterocycles. The number of ether oxygens (including phenoxy) is 2. The van der Waals surface area contributed by atoms with Crippen molar-refractivity contribution in [1.82, 2.24) is 10.1 Å². The van der Waals surface area contributed by atoms with Crippen molar-refractivity contribution in [3.05, 3.63) is 17.5 Å². The van der Waals surface area contributed by atoms with Crippen LogP contribution in [0.15, 0.2) is 10.6 Å². The molecule has 2 unspecified atom stereocenters. The normalized spacial score (nSPS) is 27.1. The van der Waals surface area contributed by atoms with E-state index in [0.717, 1.165) is 69.7 Å². The first-order chi connectivity index (χ1) is 14.2. The van der Waals surface area contributed by atoms with Crippen molar-refractivity contribution in [3.63, 3.8) is 0 Å². The lowest BCUT2D eigenvalue weighted by atomic mass is 9.73. The molecule has 4 rings (SSSR count). The SMILES string of the molecule is Cc1cc(CN2CCC3OCCCC3(COCC3CC3)C2)no1.O=C(O)C(F)(F)F. The molecular weight excluding hydrogens is 405 g/mol. The lowest BCUT2D eigenvalue weighted by molar-refractivity contribution is -0.192. The van der Waals surface area contributed by atoms with Crippen LogP contribution in [0.3, 0.4) is 0 Å². The molecule has 2 saturated heterocycles. The van der Waals surface area contributed by atoms with Crippen molar-refractivity contribution >= 4 is 5.97 Å². The average molecular weight is 434 g/mol. The number of rotatable bonds is 6. The van der Waals surface area contributed by atoms with Crippen LogP contribution in [0.2, 0.25) is 0 Å². The summed E-state index contributed by atoms with van der Waals surface area (Å²) in [5.74, 6) is -1.04. The highest BCUT2D eigenvalue weighted by Crippen LogP contribution is 2.41. The number of fused-ring (bicyclic) bond motifs is 1. The number of hydrogen-bond acceptors (Lipinski definition) is 6. The van der Waals surface area contributed by atoms with Gasteiger partial charge in [-0.15, -0.1) is 0 Å². The first-order valence-corrected chi connectivity index (χ1v) is 10.3. The highest BCUT2D eigenvalue weighted by molar-refractivity contribution is 5.73. The van der Waals surface area contributed by atoms with E-state index in [1.165, 1.54) is 19.3 Å². The monoisotopic (exact) mass is 434 g/mol. The minimum atomic E-state index is -5.08. The third kappa shape index (κ3) is 6.42. The Balaban J connectivity index is 0.000000318. The second kappa shape index (κ2) is 9.65. The summed E-state index contributed by atoms with van der Waals surface area (Å²) in [5.41, 5.74) is 1.20. The van der Waals surface area contributed by atoms with Gasteiger partial charge in [0.25, 0.3) is 0 Å². The van der Waals surface area contributed by atoms with Crippen LogP contribution >= 0.6 is 0 Å². The number of carboxylic acid groups (broad SMARTS) is 1. The van der Waals surface area contributed by atoms with Gasteiger partial charge in [0.1, 0.15) is 5.76 Å². The number of carbonyl (C=O) groups is 1. The summed E-state index contributed by atoms with van der Waals surface area (Å²) in [6.07, 6.45) is 1.46. The molecule has 2 atom stereocenters. The number of aryl methyl sites for hydroxylation is 1. The summed E-state index contributed by atoms with van der Waals surface area (Å²) >= 11 is 0. The van der Waals surface area contributed by atoms with Gasteiger partial charge in [0.2, 0.25) is 0 Å². The zero-order valence-corrected chi connectivity index (χ0v) is 17.1. The van der Waals surface area contributed by atoms with Crippen molar-refractivity contribution < 1.29 is 37.1 Å². The third-order valence-corrected chi connectivity index (χ3v) is 5.81. The Morgan fingerprint density at radius 3 is 2.73 bits per heavy atom. The van der Waals surface area contributed by atoms with Crippen LogP contribution < -0.4 is 0 Å². The summed E-state index contributed by atoms with van der Waals surface area (Å²) in [6, 6.07) is 2.04. The lowest BCUT2D eigenvalue weighted by Gasteiger charge is -2.50. The Labute approximate surface area is 173 Å². The van der Waals surface area contributed by atoms with Crippen molar-refractivity contribution in [1.29, 1.82) is 0 Å². The fourth-order valence-corrected chi connectivity index (χ4v) is 4.16. The number of hydrogen-bond donors (Lipinski definition) is 1. The number of aromatic nitrogens is 1. The summed E-state index contributed by atoms with van der Waals surface area (Å²) < 4.78 is 49.2. The number of likely N-dealkylation sites (tertiary alicyclic amines) is 1. The molecule has 10 heteroatoms. The number of alkyl halides is 3. The lowest BCUT2D eigenvalue weighted by Crippen LogP contribution is -2.56. The number of halogens is 3. The molecule has 3 fully saturated rings. The second-order valence-corrected chi connectivity index (χ2v) is 8.52. The first kappa shape index (κ1) is 23.0. The summed E-state index contributed by atoms with van der Waals surface area (Å²) in [6.45, 7) is 7.64. The maximum atomic E-state index is 10.6. The molecule has 2 aliphatic heterocycles. The Kier molecular flexibility index (Phi) is 7.41. The van der Waals surface area contributed by atoms with Crippen LogP contribution in [0.25, 0.3) is 0 Å². The minimum Gasteiger partial charge on any atom is -0.475 e. The van der Waals surface area contributed by atoms with Gasteiger partial charge in [0, 0.05) is 44.3 Å². The standard InChI is InChI=1S/C18H28N2O3.C2HF3O2/c1-14-9-16(19-23-14)10-20-7-5-17-18(12-20,6-2-8-22-17)13-21-11-15-3-4-15;3-2(4,5)1(6)7/h9,15,17H,2-8,10-13H2,1H3;(H,6,7). The molecule has 0 spiro atoms. The molecule has 7 nitrogen and oxygen atoms in total. The van der Waals surface area contributed by atoms with E-state index < -0.39 is 12.1 Å². The number of aliphatic carboxylic acids is 1. The van der Waals surface area contributed by atoms with Gasteiger partial charge in [-0.25, -0.2) is 4.79 Å². The Hall–Kier alpha value is -1.65. The van der Waals surface area contributed by atoms with E-state index in [9.17, 15) is 13.2 Å². The second-order valence-electron chi connectivity index (χ2n) is 8.52. The van der Waals surface area contributed by atoms with Crippen LogP contribution in [0.4, 0.5) is 13.2 Å². The fourth-order valence-electron chi connectivity index (χ4n) is 4.16. The summed E-state index contributed by atoms with van der Waals surface area (Å²) in [4.78, 5) is 11.4. The minimum absolute atomic E-state index is 0.171. The quantitative estimate of drug-likeness (QED) is 0.734. The third-order valence-electron chi connectivity index (χ3n) is 5.81. The molecule has 0 radical (unpaired) electrons. The Morgan fingerprint density at radius 1 is 1.40 bits per heavy atom. The maximum absolute atomic E-state index is 10.6. The molecule has 1 N–H and O–H groups in total. The van der Waals surface area contributed by atoms with Crippen LogP contribution in [-0.4, -0.2) is 66.3 Å². The highest BCUT2D eigenvalue weighted by atomic mass is 19.4. The molecule has 0 amide bonds. The van der Waals surface area contributed by atoms with E-state index in [1.807, 2.05) is 13.0 Å². The highest BCUT2D eigenvalue weighted by Gasteiger charge is 2.46. The zero-order chi connectivity index (χ0) is 21.8. The number of carboxylic acids is 1. The fraction of sp³-hybridized carbons (Fsp3) is 0.800. The molecule has 3 heterocycles. The largest absolute Gasteiger partial charge is 0.490 e. The van der Waals surface area contributed by atoms with E-state index >= 15 is 0 Å². The van der Waals surface area contributed by atoms with E-state index in [0.29, 0.717) is 6.10 Å². The van der Waals surface area contributed by atoms with Gasteiger partial charge in [-0.1, -0.05) is 5.16 Å². The van der Waals surface area contributed by atoms with Gasteiger partial charge in [0.05, 0.1) is 18.4 Å². The predicted molar refractivity (Wildman–Crippen MR) is 99.8 cm³/mol. The Bertz CT molecular complexity index is 707. The van der Waals surface area contributed by atoms with Gasteiger partial charge < -0.3 is 19.1 Å². The molecule has 3 aliphatic rings. The smallest absolute Gasteiger partial charge is 0.475 e. The van der Waals surface area contributed by atoms with Crippen LogP contribution in [0.1, 0.15) is 43.6 Å². The first-order valence-electron chi connectivity index (χ1n) is 10.3. The molecule has 1 aromatic rings. The van der Waals surface area contributed by atoms with Gasteiger partial charge in [-0.05, 0) is 44.9 Å². The topological polar surface area (TPSA) is 85.0 Å². The zero-order valence-electron chi connectivity index (χ0n) is 17.1. The summed E-state index contributed by atoms with van der Waals surface area (Å²) in [5, 5.41) is 11.3. The number of piperidine rings is 1. The predicted octanol–water partition coefficient (Wildman–Crippen LogP) is 3.41. The van der Waals surface area contributed by atoms with Gasteiger partial charge in [0.15, 0.2) is 0 Å². The van der Waals surface area contributed by atoms with Crippen molar-refractivity contribution in [2.75, 3.05) is 32.9 Å². The number of nitrogens with zero attached hydrogens (tertiary/aromatic N) is 2. The Morgan fingerprint density at radius 2 is 2.13 bits per heavy atom. The molecule has 30 heavy (non-hydrogen) atoms. The molecule has 1 saturated carbocycles. The van der Waals surface area contributed by atoms with Gasteiger partial charge in [-0.2, -0.15) is 13.2 Å². The molecule has 0 bridgehead atoms. The van der Waals surface area contributed by atoms with Crippen molar-refractivity contribution in [2.45, 2.75) is 57.9 Å². The van der Waals surface area contributed by atoms with E-state index in [1.54, 1.807) is 0 Å². The molecular formula is C20H29F3N2O5.